The van der Waals surface area contributed by atoms with Gasteiger partial charge >= 0.3 is 0 Å². The maximum absolute atomic E-state index is 13.7. The highest BCUT2D eigenvalue weighted by Crippen LogP contribution is 2.42. The van der Waals surface area contributed by atoms with Crippen molar-refractivity contribution in [3.63, 3.8) is 0 Å². The van der Waals surface area contributed by atoms with Crippen molar-refractivity contribution in [3.05, 3.63) is 93.5 Å². The zero-order chi connectivity index (χ0) is 23.0. The van der Waals surface area contributed by atoms with Crippen LogP contribution in [0.15, 0.2) is 66.4 Å². The van der Waals surface area contributed by atoms with Crippen LogP contribution in [-0.4, -0.2) is 28.9 Å². The van der Waals surface area contributed by atoms with E-state index in [9.17, 15) is 19.1 Å². The average Bonchev–Trinajstić information content (AvgIpc) is 3.06. The summed E-state index contributed by atoms with van der Waals surface area (Å²) >= 11 is 12.0. The molecule has 2 aromatic carbocycles. The molecule has 1 fully saturated rings. The number of Topliss-reactive ketones (excluding diaryl/α,β-unsaturated/α-hetero) is 1. The second-order valence-corrected chi connectivity index (χ2v) is 7.69. The normalized spacial score (nSPS) is 17.6. The first-order valence-corrected chi connectivity index (χ1v) is 10.1. The van der Waals surface area contributed by atoms with Gasteiger partial charge in [-0.25, -0.2) is 4.39 Å². The standard InChI is InChI=1S/C23H15Cl2FN2O4/c1-32-18-10-12(5-7-14(18)24)21(29)19-20(17-4-2-3-9-27-17)28(23(31)22(19)30)13-6-8-16(26)15(25)11-13/h2-11,20,29H,1H3/b21-19+. The van der Waals surface area contributed by atoms with E-state index in [1.807, 2.05) is 0 Å². The van der Waals surface area contributed by atoms with Crippen molar-refractivity contribution in [1.29, 1.82) is 0 Å². The number of pyridine rings is 1. The number of anilines is 1. The molecule has 1 amide bonds. The van der Waals surface area contributed by atoms with E-state index in [0.29, 0.717) is 10.7 Å². The van der Waals surface area contributed by atoms with Gasteiger partial charge in [0, 0.05) is 17.4 Å². The van der Waals surface area contributed by atoms with Gasteiger partial charge in [-0.15, -0.1) is 0 Å². The van der Waals surface area contributed by atoms with Crippen molar-refractivity contribution in [1.82, 2.24) is 4.98 Å². The molecule has 4 rings (SSSR count). The summed E-state index contributed by atoms with van der Waals surface area (Å²) in [5.74, 6) is -2.65. The zero-order valence-corrected chi connectivity index (χ0v) is 18.1. The van der Waals surface area contributed by atoms with E-state index in [4.69, 9.17) is 27.9 Å². The van der Waals surface area contributed by atoms with Crippen LogP contribution in [0.4, 0.5) is 10.1 Å². The molecule has 9 heteroatoms. The monoisotopic (exact) mass is 472 g/mol. The van der Waals surface area contributed by atoms with E-state index in [0.717, 1.165) is 11.0 Å². The lowest BCUT2D eigenvalue weighted by Gasteiger charge is -2.24. The van der Waals surface area contributed by atoms with Gasteiger partial charge in [0.1, 0.15) is 23.4 Å². The third-order valence-corrected chi connectivity index (χ3v) is 5.62. The highest BCUT2D eigenvalue weighted by atomic mass is 35.5. The molecular weight excluding hydrogens is 458 g/mol. The molecule has 6 nitrogen and oxygen atoms in total. The number of ketones is 1. The van der Waals surface area contributed by atoms with E-state index in [1.54, 1.807) is 18.2 Å². The van der Waals surface area contributed by atoms with Gasteiger partial charge in [-0.1, -0.05) is 29.3 Å². The van der Waals surface area contributed by atoms with Crippen LogP contribution in [0.1, 0.15) is 17.3 Å². The number of rotatable bonds is 4. The number of ether oxygens (including phenoxy) is 1. The van der Waals surface area contributed by atoms with Gasteiger partial charge in [0.15, 0.2) is 0 Å². The molecule has 162 valence electrons. The molecule has 1 atom stereocenters. The molecular formula is C23H15Cl2FN2O4. The Morgan fingerprint density at radius 1 is 1.09 bits per heavy atom. The SMILES string of the molecule is COc1cc(/C(O)=C2\C(=O)C(=O)N(c3ccc(F)c(Cl)c3)C2c2ccccn2)ccc1Cl. The number of hydrogen-bond donors (Lipinski definition) is 1. The van der Waals surface area contributed by atoms with Crippen LogP contribution in [-0.2, 0) is 9.59 Å². The minimum Gasteiger partial charge on any atom is -0.507 e. The van der Waals surface area contributed by atoms with Gasteiger partial charge in [0.05, 0.1) is 28.4 Å². The summed E-state index contributed by atoms with van der Waals surface area (Å²) in [6, 6.07) is 12.0. The minimum absolute atomic E-state index is 0.182. The number of carbonyl (C=O) groups is 2. The molecule has 1 aromatic heterocycles. The molecule has 1 N–H and O–H groups in total. The molecule has 3 aromatic rings. The highest BCUT2D eigenvalue weighted by Gasteiger charge is 2.47. The number of aromatic nitrogens is 1. The van der Waals surface area contributed by atoms with E-state index in [2.05, 4.69) is 4.98 Å². The van der Waals surface area contributed by atoms with Crippen molar-refractivity contribution in [2.24, 2.45) is 0 Å². The fraction of sp³-hybridized carbons (Fsp3) is 0.0870. The lowest BCUT2D eigenvalue weighted by Crippen LogP contribution is -2.29. The Labute approximate surface area is 192 Å². The number of amides is 1. The zero-order valence-electron chi connectivity index (χ0n) is 16.6. The summed E-state index contributed by atoms with van der Waals surface area (Å²) in [5.41, 5.74) is 0.553. The predicted molar refractivity (Wildman–Crippen MR) is 118 cm³/mol. The molecule has 0 radical (unpaired) electrons. The van der Waals surface area contributed by atoms with Crippen LogP contribution < -0.4 is 9.64 Å². The van der Waals surface area contributed by atoms with Crippen molar-refractivity contribution in [3.8, 4) is 5.75 Å². The van der Waals surface area contributed by atoms with Gasteiger partial charge in [-0.05, 0) is 48.5 Å². The Kier molecular flexibility index (Phi) is 5.86. The van der Waals surface area contributed by atoms with Crippen LogP contribution >= 0.6 is 23.2 Å². The van der Waals surface area contributed by atoms with E-state index in [1.165, 1.54) is 43.6 Å². The number of hydrogen-bond acceptors (Lipinski definition) is 5. The molecule has 0 bridgehead atoms. The molecule has 32 heavy (non-hydrogen) atoms. The molecule has 1 unspecified atom stereocenters. The average molecular weight is 473 g/mol. The fourth-order valence-electron chi connectivity index (χ4n) is 3.51. The second kappa shape index (κ2) is 8.61. The maximum Gasteiger partial charge on any atom is 0.300 e. The number of carbonyl (C=O) groups excluding carboxylic acids is 2. The smallest absolute Gasteiger partial charge is 0.300 e. The molecule has 0 spiro atoms. The lowest BCUT2D eigenvalue weighted by atomic mass is 9.98. The van der Waals surface area contributed by atoms with Gasteiger partial charge in [-0.3, -0.25) is 19.5 Å². The van der Waals surface area contributed by atoms with Crippen molar-refractivity contribution in [2.75, 3.05) is 12.0 Å². The van der Waals surface area contributed by atoms with Crippen LogP contribution in [0, 0.1) is 5.82 Å². The van der Waals surface area contributed by atoms with Gasteiger partial charge in [0.25, 0.3) is 11.7 Å². The Balaban J connectivity index is 1.95. The number of aliphatic hydroxyl groups excluding tert-OH is 1. The van der Waals surface area contributed by atoms with E-state index in [-0.39, 0.29) is 27.6 Å². The largest absolute Gasteiger partial charge is 0.507 e. The summed E-state index contributed by atoms with van der Waals surface area (Å²) in [7, 11) is 1.41. The fourth-order valence-corrected chi connectivity index (χ4v) is 3.88. The highest BCUT2D eigenvalue weighted by molar-refractivity contribution is 6.51. The number of methoxy groups -OCH3 is 1. The van der Waals surface area contributed by atoms with Crippen LogP contribution in [0.25, 0.3) is 5.76 Å². The van der Waals surface area contributed by atoms with Crippen LogP contribution in [0.2, 0.25) is 10.0 Å². The molecule has 1 saturated heterocycles. The summed E-state index contributed by atoms with van der Waals surface area (Å²) in [6.45, 7) is 0. The number of benzene rings is 2. The third kappa shape index (κ3) is 3.70. The summed E-state index contributed by atoms with van der Waals surface area (Å²) < 4.78 is 18.9. The summed E-state index contributed by atoms with van der Waals surface area (Å²) in [6.07, 6.45) is 1.50. The minimum atomic E-state index is -1.07. The molecule has 0 saturated carbocycles. The van der Waals surface area contributed by atoms with Crippen molar-refractivity contribution < 1.29 is 23.8 Å². The van der Waals surface area contributed by atoms with Crippen molar-refractivity contribution >= 4 is 46.3 Å². The van der Waals surface area contributed by atoms with E-state index >= 15 is 0 Å². The van der Waals surface area contributed by atoms with Crippen LogP contribution in [0.5, 0.6) is 5.75 Å². The molecule has 1 aliphatic heterocycles. The van der Waals surface area contributed by atoms with Crippen LogP contribution in [0.3, 0.4) is 0 Å². The number of nitrogens with zero attached hydrogens (tertiary/aromatic N) is 2. The predicted octanol–water partition coefficient (Wildman–Crippen LogP) is 5.16. The molecule has 2 heterocycles. The number of halogens is 3. The third-order valence-electron chi connectivity index (χ3n) is 5.02. The maximum atomic E-state index is 13.7. The number of aliphatic hydroxyl groups is 1. The topological polar surface area (TPSA) is 79.7 Å². The summed E-state index contributed by atoms with van der Waals surface area (Å²) in [4.78, 5) is 31.5. The first-order valence-electron chi connectivity index (χ1n) is 9.34. The van der Waals surface area contributed by atoms with Crippen molar-refractivity contribution in [2.45, 2.75) is 6.04 Å². The Morgan fingerprint density at radius 2 is 1.88 bits per heavy atom. The molecule has 1 aliphatic rings. The quantitative estimate of drug-likeness (QED) is 0.322. The Morgan fingerprint density at radius 3 is 2.53 bits per heavy atom. The van der Waals surface area contributed by atoms with E-state index < -0.39 is 29.3 Å². The molecule has 0 aliphatic carbocycles. The van der Waals surface area contributed by atoms with Gasteiger partial charge < -0.3 is 9.84 Å². The Hall–Kier alpha value is -3.42. The Bertz CT molecular complexity index is 1260. The van der Waals surface area contributed by atoms with Gasteiger partial charge in [-0.2, -0.15) is 0 Å². The summed E-state index contributed by atoms with van der Waals surface area (Å²) in [5, 5.41) is 11.2. The lowest BCUT2D eigenvalue weighted by molar-refractivity contribution is -0.132. The second-order valence-electron chi connectivity index (χ2n) is 6.87. The first kappa shape index (κ1) is 21.8. The first-order chi connectivity index (χ1) is 15.3. The van der Waals surface area contributed by atoms with Gasteiger partial charge in [0.2, 0.25) is 0 Å².